The maximum absolute atomic E-state index is 4.38. The number of hydrogen-bond donors (Lipinski definition) is 1. The lowest BCUT2D eigenvalue weighted by Crippen LogP contribution is -2.21. The average Bonchev–Trinajstić information content (AvgIpc) is 2.73. The highest BCUT2D eigenvalue weighted by atomic mass is 127. The van der Waals surface area contributed by atoms with E-state index in [4.69, 9.17) is 0 Å². The monoisotopic (exact) mass is 341 g/mol. The van der Waals surface area contributed by atoms with Crippen LogP contribution >= 0.6 is 22.6 Å². The van der Waals surface area contributed by atoms with Crippen LogP contribution < -0.4 is 5.32 Å². The Morgan fingerprint density at radius 3 is 2.76 bits per heavy atom. The molecule has 2 rings (SSSR count). The Bertz CT molecular complexity index is 493. The van der Waals surface area contributed by atoms with Crippen LogP contribution in [-0.2, 0) is 13.5 Å². The summed E-state index contributed by atoms with van der Waals surface area (Å²) in [6.07, 6.45) is 4.73. The van der Waals surface area contributed by atoms with Crippen LogP contribution in [0.25, 0.3) is 0 Å². The van der Waals surface area contributed by atoms with Crippen molar-refractivity contribution in [1.29, 1.82) is 0 Å². The van der Waals surface area contributed by atoms with Crippen molar-refractivity contribution in [3.05, 3.63) is 51.6 Å². The summed E-state index contributed by atoms with van der Waals surface area (Å²) in [5.74, 6) is 1.10. The lowest BCUT2D eigenvalue weighted by molar-refractivity contribution is 0.561. The molecule has 0 amide bonds. The Balaban J connectivity index is 2.23. The van der Waals surface area contributed by atoms with Crippen LogP contribution in [0.5, 0.6) is 0 Å². The number of halogens is 1. The molecule has 1 N–H and O–H groups in total. The fraction of sp³-hybridized carbons (Fsp3) is 0.308. The number of nitrogens with one attached hydrogen (secondary N) is 1. The van der Waals surface area contributed by atoms with Crippen LogP contribution in [0, 0.1) is 3.57 Å². The highest BCUT2D eigenvalue weighted by Gasteiger charge is 2.14. The maximum atomic E-state index is 4.38. The number of likely N-dealkylation sites (N-methyl/N-ethyl adjacent to an activating group) is 1. The highest BCUT2D eigenvalue weighted by Crippen LogP contribution is 2.22. The number of rotatable bonds is 4. The van der Waals surface area contributed by atoms with Crippen molar-refractivity contribution in [1.82, 2.24) is 14.9 Å². The normalized spacial score (nSPS) is 12.6. The zero-order valence-electron chi connectivity index (χ0n) is 10.0. The number of benzene rings is 1. The number of hydrogen-bond acceptors (Lipinski definition) is 2. The SMILES string of the molecule is CNC(Cc1nccn1C)c1ccccc1I. The zero-order chi connectivity index (χ0) is 12.3. The quantitative estimate of drug-likeness (QED) is 0.867. The van der Waals surface area contributed by atoms with Crippen molar-refractivity contribution in [2.45, 2.75) is 12.5 Å². The van der Waals surface area contributed by atoms with Gasteiger partial charge in [-0.05, 0) is 41.3 Å². The summed E-state index contributed by atoms with van der Waals surface area (Å²) in [5.41, 5.74) is 1.33. The van der Waals surface area contributed by atoms with Gasteiger partial charge in [0.2, 0.25) is 0 Å². The van der Waals surface area contributed by atoms with Gasteiger partial charge in [-0.2, -0.15) is 0 Å². The van der Waals surface area contributed by atoms with Crippen molar-refractivity contribution >= 4 is 22.6 Å². The van der Waals surface area contributed by atoms with Gasteiger partial charge in [-0.15, -0.1) is 0 Å². The molecule has 0 bridgehead atoms. The molecule has 1 aromatic heterocycles. The predicted octanol–water partition coefficient (Wildman–Crippen LogP) is 2.53. The molecule has 1 atom stereocenters. The van der Waals surface area contributed by atoms with Gasteiger partial charge in [0.15, 0.2) is 0 Å². The first kappa shape index (κ1) is 12.6. The van der Waals surface area contributed by atoms with Crippen LogP contribution in [-0.4, -0.2) is 16.6 Å². The van der Waals surface area contributed by atoms with Crippen molar-refractivity contribution in [2.75, 3.05) is 7.05 Å². The minimum atomic E-state index is 0.309. The van der Waals surface area contributed by atoms with Crippen LogP contribution in [0.1, 0.15) is 17.4 Å². The highest BCUT2D eigenvalue weighted by molar-refractivity contribution is 14.1. The molecular weight excluding hydrogens is 325 g/mol. The molecule has 0 aliphatic heterocycles. The van der Waals surface area contributed by atoms with Gasteiger partial charge >= 0.3 is 0 Å². The molecule has 0 radical (unpaired) electrons. The second kappa shape index (κ2) is 5.64. The molecule has 2 aromatic rings. The summed E-state index contributed by atoms with van der Waals surface area (Å²) in [7, 11) is 4.03. The van der Waals surface area contributed by atoms with Gasteiger partial charge < -0.3 is 9.88 Å². The Labute approximate surface area is 115 Å². The van der Waals surface area contributed by atoms with E-state index in [-0.39, 0.29) is 0 Å². The molecule has 0 fully saturated rings. The molecule has 0 aliphatic rings. The van der Waals surface area contributed by atoms with Crippen LogP contribution in [0.4, 0.5) is 0 Å². The van der Waals surface area contributed by atoms with E-state index in [0.717, 1.165) is 12.2 Å². The van der Waals surface area contributed by atoms with E-state index in [9.17, 15) is 0 Å². The molecular formula is C13H16IN3. The maximum Gasteiger partial charge on any atom is 0.110 e. The minimum Gasteiger partial charge on any atom is -0.338 e. The van der Waals surface area contributed by atoms with Crippen molar-refractivity contribution in [3.8, 4) is 0 Å². The van der Waals surface area contributed by atoms with E-state index in [1.165, 1.54) is 9.13 Å². The van der Waals surface area contributed by atoms with E-state index in [1.54, 1.807) is 0 Å². The summed E-state index contributed by atoms with van der Waals surface area (Å²) >= 11 is 2.38. The average molecular weight is 341 g/mol. The number of imidazole rings is 1. The van der Waals surface area contributed by atoms with E-state index in [2.05, 4.69) is 61.7 Å². The summed E-state index contributed by atoms with van der Waals surface area (Å²) < 4.78 is 3.36. The van der Waals surface area contributed by atoms with Crippen molar-refractivity contribution < 1.29 is 0 Å². The van der Waals surface area contributed by atoms with Gasteiger partial charge in [0, 0.05) is 35.5 Å². The Morgan fingerprint density at radius 2 is 2.18 bits per heavy atom. The lowest BCUT2D eigenvalue weighted by Gasteiger charge is -2.17. The van der Waals surface area contributed by atoms with Gasteiger partial charge in [0.1, 0.15) is 5.82 Å². The molecule has 0 saturated heterocycles. The molecule has 4 heteroatoms. The van der Waals surface area contributed by atoms with E-state index in [1.807, 2.05) is 26.5 Å². The molecule has 1 aromatic carbocycles. The second-order valence-electron chi connectivity index (χ2n) is 4.02. The van der Waals surface area contributed by atoms with Crippen molar-refractivity contribution in [2.24, 2.45) is 7.05 Å². The van der Waals surface area contributed by atoms with Crippen molar-refractivity contribution in [3.63, 3.8) is 0 Å². The molecule has 0 aliphatic carbocycles. The summed E-state index contributed by atoms with van der Waals surface area (Å²) in [6.45, 7) is 0. The van der Waals surface area contributed by atoms with Gasteiger partial charge in [0.05, 0.1) is 0 Å². The minimum absolute atomic E-state index is 0.309. The Kier molecular flexibility index (Phi) is 4.17. The lowest BCUT2D eigenvalue weighted by atomic mass is 10.0. The largest absolute Gasteiger partial charge is 0.338 e. The van der Waals surface area contributed by atoms with E-state index < -0.39 is 0 Å². The van der Waals surface area contributed by atoms with Crippen LogP contribution in [0.3, 0.4) is 0 Å². The first-order valence-corrected chi connectivity index (χ1v) is 6.68. The van der Waals surface area contributed by atoms with Gasteiger partial charge in [-0.3, -0.25) is 0 Å². The number of nitrogens with zero attached hydrogens (tertiary/aromatic N) is 2. The third-order valence-corrected chi connectivity index (χ3v) is 3.92. The molecule has 3 nitrogen and oxygen atoms in total. The Hall–Kier alpha value is -0.880. The number of aromatic nitrogens is 2. The van der Waals surface area contributed by atoms with E-state index in [0.29, 0.717) is 6.04 Å². The fourth-order valence-corrected chi connectivity index (χ4v) is 2.66. The topological polar surface area (TPSA) is 29.9 Å². The fourth-order valence-electron chi connectivity index (χ4n) is 1.90. The molecule has 17 heavy (non-hydrogen) atoms. The van der Waals surface area contributed by atoms with Crippen LogP contribution in [0.2, 0.25) is 0 Å². The van der Waals surface area contributed by atoms with Gasteiger partial charge in [-0.25, -0.2) is 4.98 Å². The first-order valence-electron chi connectivity index (χ1n) is 5.60. The summed E-state index contributed by atoms with van der Waals surface area (Å²) in [5, 5.41) is 3.37. The third kappa shape index (κ3) is 2.87. The second-order valence-corrected chi connectivity index (χ2v) is 5.18. The summed E-state index contributed by atoms with van der Waals surface area (Å²) in [6, 6.07) is 8.77. The Morgan fingerprint density at radius 1 is 1.41 bits per heavy atom. The zero-order valence-corrected chi connectivity index (χ0v) is 12.2. The third-order valence-electron chi connectivity index (χ3n) is 2.94. The first-order chi connectivity index (χ1) is 8.22. The molecule has 0 spiro atoms. The van der Waals surface area contributed by atoms with Gasteiger partial charge in [-0.1, -0.05) is 18.2 Å². The van der Waals surface area contributed by atoms with Gasteiger partial charge in [0.25, 0.3) is 0 Å². The molecule has 1 unspecified atom stereocenters. The predicted molar refractivity (Wildman–Crippen MR) is 77.9 cm³/mol. The standard InChI is InChI=1S/C13H16IN3/c1-15-12(9-13-16-7-8-17(13)2)10-5-3-4-6-11(10)14/h3-8,12,15H,9H2,1-2H3. The molecule has 90 valence electrons. The molecule has 0 saturated carbocycles. The van der Waals surface area contributed by atoms with E-state index >= 15 is 0 Å². The van der Waals surface area contributed by atoms with Crippen LogP contribution in [0.15, 0.2) is 36.7 Å². The smallest absolute Gasteiger partial charge is 0.110 e. The number of aryl methyl sites for hydroxylation is 1. The molecule has 1 heterocycles. The summed E-state index contributed by atoms with van der Waals surface area (Å²) in [4.78, 5) is 4.38.